The summed E-state index contributed by atoms with van der Waals surface area (Å²) in [6, 6.07) is 9.40. The highest BCUT2D eigenvalue weighted by Crippen LogP contribution is 2.36. The Hall–Kier alpha value is -2.85. The first kappa shape index (κ1) is 21.8. The molecule has 0 bridgehead atoms. The molecule has 1 aromatic carbocycles. The highest BCUT2D eigenvalue weighted by molar-refractivity contribution is 7.16. The SMILES string of the molecule is CCN(CC)c1ccc(C(=O)OCC(=O)Nc2sc3c(c2C#N)CCCCC3)cc1. The molecule has 0 saturated carbocycles. The fourth-order valence-corrected chi connectivity index (χ4v) is 4.98. The monoisotopic (exact) mass is 425 g/mol. The summed E-state index contributed by atoms with van der Waals surface area (Å²) >= 11 is 1.47. The van der Waals surface area contributed by atoms with Crippen molar-refractivity contribution in [2.75, 3.05) is 29.9 Å². The van der Waals surface area contributed by atoms with Gasteiger partial charge in [-0.1, -0.05) is 6.42 Å². The van der Waals surface area contributed by atoms with Crippen molar-refractivity contribution in [1.82, 2.24) is 0 Å². The minimum Gasteiger partial charge on any atom is -0.452 e. The van der Waals surface area contributed by atoms with Crippen molar-refractivity contribution in [2.24, 2.45) is 0 Å². The molecule has 1 heterocycles. The second-order valence-electron chi connectivity index (χ2n) is 7.22. The number of carbonyl (C=O) groups is 2. The van der Waals surface area contributed by atoms with Crippen molar-refractivity contribution < 1.29 is 14.3 Å². The molecule has 1 aliphatic carbocycles. The summed E-state index contributed by atoms with van der Waals surface area (Å²) in [4.78, 5) is 28.0. The van der Waals surface area contributed by atoms with E-state index in [1.807, 2.05) is 12.1 Å². The second kappa shape index (κ2) is 10.3. The molecule has 2 aromatic rings. The van der Waals surface area contributed by atoms with Gasteiger partial charge in [0, 0.05) is 23.7 Å². The lowest BCUT2D eigenvalue weighted by atomic mass is 10.1. The first-order chi connectivity index (χ1) is 14.6. The molecular weight excluding hydrogens is 398 g/mol. The number of nitrogens with zero attached hydrogens (tertiary/aromatic N) is 2. The number of hydrogen-bond acceptors (Lipinski definition) is 6. The van der Waals surface area contributed by atoms with Crippen LogP contribution in [-0.4, -0.2) is 31.6 Å². The number of nitrogens with one attached hydrogen (secondary N) is 1. The molecule has 6 nitrogen and oxygen atoms in total. The third-order valence-electron chi connectivity index (χ3n) is 5.35. The average Bonchev–Trinajstić information content (AvgIpc) is 2.92. The van der Waals surface area contributed by atoms with Crippen LogP contribution in [0.25, 0.3) is 0 Å². The molecule has 0 radical (unpaired) electrons. The fourth-order valence-electron chi connectivity index (χ4n) is 3.72. The van der Waals surface area contributed by atoms with Gasteiger partial charge in [-0.05, 0) is 69.4 Å². The predicted molar refractivity (Wildman–Crippen MR) is 119 cm³/mol. The molecule has 1 amide bonds. The van der Waals surface area contributed by atoms with E-state index in [4.69, 9.17) is 4.74 Å². The van der Waals surface area contributed by atoms with Crippen molar-refractivity contribution in [2.45, 2.75) is 46.0 Å². The largest absolute Gasteiger partial charge is 0.452 e. The zero-order valence-electron chi connectivity index (χ0n) is 17.5. The molecule has 0 fully saturated rings. The first-order valence-electron chi connectivity index (χ1n) is 10.4. The van der Waals surface area contributed by atoms with Gasteiger partial charge < -0.3 is 15.0 Å². The number of anilines is 2. The van der Waals surface area contributed by atoms with Crippen molar-refractivity contribution in [3.05, 3.63) is 45.8 Å². The van der Waals surface area contributed by atoms with Gasteiger partial charge in [0.05, 0.1) is 11.1 Å². The number of rotatable bonds is 7. The van der Waals surface area contributed by atoms with E-state index in [2.05, 4.69) is 30.1 Å². The Morgan fingerprint density at radius 3 is 2.50 bits per heavy atom. The minimum absolute atomic E-state index is 0.385. The van der Waals surface area contributed by atoms with E-state index in [-0.39, 0.29) is 6.61 Å². The maximum absolute atomic E-state index is 12.3. The molecule has 0 unspecified atom stereocenters. The lowest BCUT2D eigenvalue weighted by molar-refractivity contribution is -0.119. The number of amides is 1. The molecule has 0 saturated heterocycles. The van der Waals surface area contributed by atoms with Crippen LogP contribution < -0.4 is 10.2 Å². The zero-order chi connectivity index (χ0) is 21.5. The quantitative estimate of drug-likeness (QED) is 0.521. The minimum atomic E-state index is -0.543. The molecule has 158 valence electrons. The molecule has 3 rings (SSSR count). The van der Waals surface area contributed by atoms with Crippen molar-refractivity contribution in [3.8, 4) is 6.07 Å². The van der Waals surface area contributed by atoms with Crippen molar-refractivity contribution in [3.63, 3.8) is 0 Å². The Morgan fingerprint density at radius 1 is 1.13 bits per heavy atom. The number of aryl methyl sites for hydroxylation is 1. The van der Waals surface area contributed by atoms with Crippen LogP contribution >= 0.6 is 11.3 Å². The van der Waals surface area contributed by atoms with E-state index < -0.39 is 11.9 Å². The van der Waals surface area contributed by atoms with E-state index >= 15 is 0 Å². The van der Waals surface area contributed by atoms with Crippen molar-refractivity contribution in [1.29, 1.82) is 5.26 Å². The van der Waals surface area contributed by atoms with Crippen LogP contribution in [0, 0.1) is 11.3 Å². The van der Waals surface area contributed by atoms with Gasteiger partial charge in [-0.2, -0.15) is 5.26 Å². The van der Waals surface area contributed by atoms with Crippen LogP contribution in [0.1, 0.15) is 59.5 Å². The number of fused-ring (bicyclic) bond motifs is 1. The number of hydrogen-bond donors (Lipinski definition) is 1. The topological polar surface area (TPSA) is 82.4 Å². The Morgan fingerprint density at radius 2 is 1.83 bits per heavy atom. The summed E-state index contributed by atoms with van der Waals surface area (Å²) in [6.45, 7) is 5.54. The van der Waals surface area contributed by atoms with Gasteiger partial charge >= 0.3 is 5.97 Å². The molecule has 0 atom stereocenters. The summed E-state index contributed by atoms with van der Waals surface area (Å²) in [6.07, 6.45) is 5.17. The summed E-state index contributed by atoms with van der Waals surface area (Å²) in [5, 5.41) is 12.9. The third kappa shape index (κ3) is 5.00. The molecule has 0 aliphatic heterocycles. The summed E-state index contributed by atoms with van der Waals surface area (Å²) in [5.74, 6) is -0.977. The van der Waals surface area contributed by atoms with E-state index in [0.29, 0.717) is 16.1 Å². The van der Waals surface area contributed by atoms with Crippen LogP contribution in [0.5, 0.6) is 0 Å². The Labute approximate surface area is 181 Å². The standard InChI is InChI=1S/C23H27N3O3S/c1-3-26(4-2)17-12-10-16(11-13-17)23(28)29-15-21(27)25-22-19(14-24)18-8-6-5-7-9-20(18)30-22/h10-13H,3-9,15H2,1-2H3,(H,25,27). The number of ether oxygens (including phenoxy) is 1. The molecule has 1 aromatic heterocycles. The summed E-state index contributed by atoms with van der Waals surface area (Å²) < 4.78 is 5.17. The normalized spacial score (nSPS) is 13.0. The van der Waals surface area contributed by atoms with Crippen LogP contribution in [0.2, 0.25) is 0 Å². The zero-order valence-corrected chi connectivity index (χ0v) is 18.3. The Bertz CT molecular complexity index is 940. The van der Waals surface area contributed by atoms with E-state index in [1.54, 1.807) is 12.1 Å². The van der Waals surface area contributed by atoms with Gasteiger partial charge in [0.2, 0.25) is 0 Å². The molecule has 30 heavy (non-hydrogen) atoms. The summed E-state index contributed by atoms with van der Waals surface area (Å²) in [5.41, 5.74) is 3.07. The number of carbonyl (C=O) groups excluding carboxylic acids is 2. The van der Waals surface area contributed by atoms with Crippen LogP contribution in [0.15, 0.2) is 24.3 Å². The first-order valence-corrected chi connectivity index (χ1v) is 11.3. The lowest BCUT2D eigenvalue weighted by Gasteiger charge is -2.20. The smallest absolute Gasteiger partial charge is 0.338 e. The Balaban J connectivity index is 1.58. The van der Waals surface area contributed by atoms with Gasteiger partial charge in [-0.3, -0.25) is 4.79 Å². The molecule has 1 aliphatic rings. The lowest BCUT2D eigenvalue weighted by Crippen LogP contribution is -2.22. The summed E-state index contributed by atoms with van der Waals surface area (Å²) in [7, 11) is 0. The highest BCUT2D eigenvalue weighted by Gasteiger charge is 2.21. The van der Waals surface area contributed by atoms with Crippen LogP contribution in [0.4, 0.5) is 10.7 Å². The molecule has 7 heteroatoms. The van der Waals surface area contributed by atoms with Gasteiger partial charge in [0.1, 0.15) is 11.1 Å². The molecular formula is C23H27N3O3S. The van der Waals surface area contributed by atoms with Gasteiger partial charge in [-0.25, -0.2) is 4.79 Å². The number of thiophene rings is 1. The molecule has 1 N–H and O–H groups in total. The Kier molecular flexibility index (Phi) is 7.47. The average molecular weight is 426 g/mol. The van der Waals surface area contributed by atoms with Gasteiger partial charge in [0.15, 0.2) is 6.61 Å². The number of nitriles is 1. The van der Waals surface area contributed by atoms with E-state index in [1.165, 1.54) is 22.6 Å². The third-order valence-corrected chi connectivity index (χ3v) is 6.56. The molecule has 0 spiro atoms. The van der Waals surface area contributed by atoms with Gasteiger partial charge in [-0.15, -0.1) is 11.3 Å². The highest BCUT2D eigenvalue weighted by atomic mass is 32.1. The van der Waals surface area contributed by atoms with Crippen LogP contribution in [0.3, 0.4) is 0 Å². The fraction of sp³-hybridized carbons (Fsp3) is 0.435. The van der Waals surface area contributed by atoms with Crippen LogP contribution in [-0.2, 0) is 22.4 Å². The number of esters is 1. The van der Waals surface area contributed by atoms with Gasteiger partial charge in [0.25, 0.3) is 5.91 Å². The second-order valence-corrected chi connectivity index (χ2v) is 8.33. The van der Waals surface area contributed by atoms with E-state index in [0.717, 1.165) is 50.0 Å². The predicted octanol–water partition coefficient (Wildman–Crippen LogP) is 4.53. The number of benzene rings is 1. The van der Waals surface area contributed by atoms with Crippen molar-refractivity contribution >= 4 is 33.9 Å². The maximum Gasteiger partial charge on any atom is 0.338 e. The maximum atomic E-state index is 12.3. The van der Waals surface area contributed by atoms with E-state index in [9.17, 15) is 14.9 Å².